The van der Waals surface area contributed by atoms with Crippen molar-refractivity contribution >= 4 is 5.78 Å². The van der Waals surface area contributed by atoms with Gasteiger partial charge in [-0.3, -0.25) is 4.79 Å². The molecular formula is C15H13N2O+. The van der Waals surface area contributed by atoms with Crippen LogP contribution in [0.2, 0.25) is 0 Å². The Morgan fingerprint density at radius 2 is 1.78 bits per heavy atom. The summed E-state index contributed by atoms with van der Waals surface area (Å²) in [6.07, 6.45) is 3.48. The Morgan fingerprint density at radius 1 is 1.17 bits per heavy atom. The van der Waals surface area contributed by atoms with Gasteiger partial charge in [-0.05, 0) is 6.92 Å². The maximum absolute atomic E-state index is 12.0. The predicted octanol–water partition coefficient (Wildman–Crippen LogP) is 2.04. The third-order valence-corrected chi connectivity index (χ3v) is 2.72. The lowest BCUT2D eigenvalue weighted by molar-refractivity contribution is -0.683. The monoisotopic (exact) mass is 237 g/mol. The van der Waals surface area contributed by atoms with Crippen LogP contribution in [0.5, 0.6) is 0 Å². The van der Waals surface area contributed by atoms with Crippen molar-refractivity contribution in [2.75, 3.05) is 0 Å². The van der Waals surface area contributed by atoms with Crippen LogP contribution in [0.4, 0.5) is 0 Å². The van der Waals surface area contributed by atoms with Crippen molar-refractivity contribution in [1.29, 1.82) is 5.26 Å². The lowest BCUT2D eigenvalue weighted by atomic mass is 10.1. The summed E-state index contributed by atoms with van der Waals surface area (Å²) in [6.45, 7) is 2.28. The quantitative estimate of drug-likeness (QED) is 0.605. The number of nitrogens with zero attached hydrogens (tertiary/aromatic N) is 2. The topological polar surface area (TPSA) is 44.7 Å². The number of benzene rings is 1. The third kappa shape index (κ3) is 2.80. The Balaban J connectivity index is 2.11. The highest BCUT2D eigenvalue weighted by atomic mass is 16.1. The molecule has 2 aromatic rings. The first-order chi connectivity index (χ1) is 8.69. The van der Waals surface area contributed by atoms with Crippen molar-refractivity contribution in [3.8, 4) is 6.07 Å². The molecule has 18 heavy (non-hydrogen) atoms. The van der Waals surface area contributed by atoms with Crippen LogP contribution < -0.4 is 4.57 Å². The molecule has 1 heterocycles. The summed E-state index contributed by atoms with van der Waals surface area (Å²) in [4.78, 5) is 12.0. The molecule has 0 spiro atoms. The van der Waals surface area contributed by atoms with Crippen molar-refractivity contribution in [2.24, 2.45) is 0 Å². The highest BCUT2D eigenvalue weighted by molar-refractivity contribution is 5.95. The number of carbonyl (C=O) groups is 1. The molecule has 0 amide bonds. The second kappa shape index (κ2) is 5.24. The summed E-state index contributed by atoms with van der Waals surface area (Å²) in [5.74, 6) is 0.0599. The van der Waals surface area contributed by atoms with Gasteiger partial charge in [0.1, 0.15) is 0 Å². The summed E-state index contributed by atoms with van der Waals surface area (Å²) in [5.41, 5.74) is 2.43. The molecule has 1 aromatic heterocycles. The molecule has 0 bridgehead atoms. The molecule has 3 heteroatoms. The fourth-order valence-electron chi connectivity index (χ4n) is 1.63. The Bertz CT molecular complexity index is 592. The van der Waals surface area contributed by atoms with Gasteiger partial charge in [0.2, 0.25) is 12.3 Å². The van der Waals surface area contributed by atoms with Gasteiger partial charge < -0.3 is 0 Å². The van der Waals surface area contributed by atoms with E-state index in [1.165, 1.54) is 0 Å². The van der Waals surface area contributed by atoms with Gasteiger partial charge in [0.15, 0.2) is 12.4 Å². The molecule has 0 aliphatic heterocycles. The molecule has 0 atom stereocenters. The van der Waals surface area contributed by atoms with Crippen molar-refractivity contribution < 1.29 is 9.36 Å². The maximum Gasteiger partial charge on any atom is 0.227 e. The van der Waals surface area contributed by atoms with Crippen LogP contribution in [0.25, 0.3) is 0 Å². The van der Waals surface area contributed by atoms with Crippen LogP contribution in [0.15, 0.2) is 48.8 Å². The first kappa shape index (κ1) is 12.0. The minimum atomic E-state index is 0.0599. The molecule has 0 fully saturated rings. The zero-order valence-electron chi connectivity index (χ0n) is 10.1. The fourth-order valence-corrected chi connectivity index (χ4v) is 1.63. The number of hydrogen-bond acceptors (Lipinski definition) is 2. The first-order valence-electron chi connectivity index (χ1n) is 5.68. The molecule has 3 nitrogen and oxygen atoms in total. The number of aromatic nitrogens is 1. The number of hydrogen-bond donors (Lipinski definition) is 0. The second-order valence-corrected chi connectivity index (χ2v) is 4.16. The maximum atomic E-state index is 12.0. The van der Waals surface area contributed by atoms with E-state index in [1.807, 2.05) is 37.3 Å². The molecule has 0 unspecified atom stereocenters. The highest BCUT2D eigenvalue weighted by Gasteiger charge is 2.11. The molecule has 0 radical (unpaired) electrons. The minimum Gasteiger partial charge on any atom is -0.287 e. The summed E-state index contributed by atoms with van der Waals surface area (Å²) in [5, 5.41) is 8.69. The average Bonchev–Trinajstić information content (AvgIpc) is 2.40. The van der Waals surface area contributed by atoms with Gasteiger partial charge in [0, 0.05) is 17.7 Å². The van der Waals surface area contributed by atoms with E-state index in [0.717, 1.165) is 5.56 Å². The summed E-state index contributed by atoms with van der Waals surface area (Å²) in [6, 6.07) is 13.0. The zero-order chi connectivity index (χ0) is 13.0. The van der Waals surface area contributed by atoms with Crippen LogP contribution in [0.3, 0.4) is 0 Å². The van der Waals surface area contributed by atoms with E-state index in [9.17, 15) is 4.79 Å². The average molecular weight is 237 g/mol. The number of nitriles is 1. The van der Waals surface area contributed by atoms with E-state index < -0.39 is 0 Å². The van der Waals surface area contributed by atoms with Crippen LogP contribution in [-0.2, 0) is 6.54 Å². The molecule has 0 saturated carbocycles. The van der Waals surface area contributed by atoms with Crippen LogP contribution in [-0.4, -0.2) is 5.78 Å². The largest absolute Gasteiger partial charge is 0.287 e. The third-order valence-electron chi connectivity index (χ3n) is 2.72. The smallest absolute Gasteiger partial charge is 0.227 e. The van der Waals surface area contributed by atoms with Crippen LogP contribution in [0, 0.1) is 18.3 Å². The molecule has 0 aliphatic carbocycles. The van der Waals surface area contributed by atoms with Gasteiger partial charge in [-0.15, -0.1) is 0 Å². The van der Waals surface area contributed by atoms with E-state index in [1.54, 1.807) is 29.1 Å². The zero-order valence-corrected chi connectivity index (χ0v) is 10.1. The number of pyridine rings is 1. The SMILES string of the molecule is Cc1ccc(C(=O)C[n+]2ccc(C#N)cc2)cc1. The first-order valence-corrected chi connectivity index (χ1v) is 5.68. The van der Waals surface area contributed by atoms with Gasteiger partial charge in [-0.1, -0.05) is 29.8 Å². The van der Waals surface area contributed by atoms with Crippen molar-refractivity contribution in [1.82, 2.24) is 0 Å². The van der Waals surface area contributed by atoms with Crippen LogP contribution >= 0.6 is 0 Å². The lowest BCUT2D eigenvalue weighted by Gasteiger charge is -1.99. The molecule has 0 aliphatic rings. The molecular weight excluding hydrogens is 224 g/mol. The van der Waals surface area contributed by atoms with Gasteiger partial charge in [0.05, 0.1) is 11.6 Å². The van der Waals surface area contributed by atoms with Crippen molar-refractivity contribution in [2.45, 2.75) is 13.5 Å². The molecule has 0 saturated heterocycles. The summed E-state index contributed by atoms with van der Waals surface area (Å²) < 4.78 is 1.77. The van der Waals surface area contributed by atoms with Gasteiger partial charge >= 0.3 is 0 Å². The number of Topliss-reactive ketones (excluding diaryl/α,β-unsaturated/α-hetero) is 1. The van der Waals surface area contributed by atoms with E-state index in [2.05, 4.69) is 0 Å². The fraction of sp³-hybridized carbons (Fsp3) is 0.133. The molecule has 2 rings (SSSR count). The lowest BCUT2D eigenvalue weighted by Crippen LogP contribution is -2.37. The van der Waals surface area contributed by atoms with Gasteiger partial charge in [-0.25, -0.2) is 0 Å². The summed E-state index contributed by atoms with van der Waals surface area (Å²) >= 11 is 0. The standard InChI is InChI=1S/C15H13N2O/c1-12-2-4-14(5-3-12)15(18)11-17-8-6-13(10-16)7-9-17/h2-9H,11H2,1H3/q+1. The molecule has 1 aromatic carbocycles. The number of ketones is 1. The van der Waals surface area contributed by atoms with Crippen molar-refractivity contribution in [3.05, 3.63) is 65.5 Å². The highest BCUT2D eigenvalue weighted by Crippen LogP contribution is 2.04. The number of carbonyl (C=O) groups excluding carboxylic acids is 1. The minimum absolute atomic E-state index is 0.0599. The molecule has 88 valence electrons. The second-order valence-electron chi connectivity index (χ2n) is 4.16. The molecule has 0 N–H and O–H groups in total. The summed E-state index contributed by atoms with van der Waals surface area (Å²) in [7, 11) is 0. The predicted molar refractivity (Wildman–Crippen MR) is 66.9 cm³/mol. The van der Waals surface area contributed by atoms with E-state index in [0.29, 0.717) is 11.1 Å². The van der Waals surface area contributed by atoms with E-state index in [-0.39, 0.29) is 12.3 Å². The van der Waals surface area contributed by atoms with Gasteiger partial charge in [0.25, 0.3) is 0 Å². The number of rotatable bonds is 3. The Morgan fingerprint density at radius 3 is 2.33 bits per heavy atom. The normalized spacial score (nSPS) is 9.78. The van der Waals surface area contributed by atoms with Crippen molar-refractivity contribution in [3.63, 3.8) is 0 Å². The Labute approximate surface area is 106 Å². The number of aryl methyl sites for hydroxylation is 1. The Hall–Kier alpha value is -2.47. The Kier molecular flexibility index (Phi) is 3.49. The van der Waals surface area contributed by atoms with Crippen LogP contribution in [0.1, 0.15) is 21.5 Å². The van der Waals surface area contributed by atoms with E-state index in [4.69, 9.17) is 5.26 Å². The van der Waals surface area contributed by atoms with Gasteiger partial charge in [-0.2, -0.15) is 9.83 Å². The van der Waals surface area contributed by atoms with E-state index >= 15 is 0 Å².